The Bertz CT molecular complexity index is 374. The maximum Gasteiger partial charge on any atom is 0.231 e. The average molecular weight is 190 g/mol. The van der Waals surface area contributed by atoms with Crippen LogP contribution in [0, 0.1) is 6.92 Å². The molecule has 0 bridgehead atoms. The number of aryl methyl sites for hydroxylation is 1. The SMILES string of the molecule is Cc1ccc2c(c1)CC(=O)N2CCN. The molecule has 1 heterocycles. The number of carbonyl (C=O) groups is 1. The number of carbonyl (C=O) groups excluding carboxylic acids is 1. The monoisotopic (exact) mass is 190 g/mol. The van der Waals surface area contributed by atoms with E-state index in [1.165, 1.54) is 5.56 Å². The van der Waals surface area contributed by atoms with Crippen molar-refractivity contribution in [2.75, 3.05) is 18.0 Å². The van der Waals surface area contributed by atoms with Crippen LogP contribution in [0.15, 0.2) is 18.2 Å². The van der Waals surface area contributed by atoms with E-state index in [2.05, 4.69) is 6.07 Å². The fourth-order valence-electron chi connectivity index (χ4n) is 1.89. The highest BCUT2D eigenvalue weighted by Gasteiger charge is 2.25. The van der Waals surface area contributed by atoms with E-state index in [-0.39, 0.29) is 5.91 Å². The summed E-state index contributed by atoms with van der Waals surface area (Å²) in [4.78, 5) is 13.4. The van der Waals surface area contributed by atoms with E-state index in [0.717, 1.165) is 11.3 Å². The maximum absolute atomic E-state index is 11.6. The van der Waals surface area contributed by atoms with E-state index in [1.54, 1.807) is 4.90 Å². The molecule has 2 rings (SSSR count). The topological polar surface area (TPSA) is 46.3 Å². The van der Waals surface area contributed by atoms with Crippen LogP contribution in [-0.4, -0.2) is 19.0 Å². The van der Waals surface area contributed by atoms with Gasteiger partial charge in [-0.1, -0.05) is 17.7 Å². The van der Waals surface area contributed by atoms with Crippen LogP contribution in [-0.2, 0) is 11.2 Å². The van der Waals surface area contributed by atoms with Gasteiger partial charge in [-0.05, 0) is 18.6 Å². The van der Waals surface area contributed by atoms with Crippen molar-refractivity contribution >= 4 is 11.6 Å². The molecule has 0 aromatic heterocycles. The number of benzene rings is 1. The molecule has 1 aromatic rings. The van der Waals surface area contributed by atoms with Crippen molar-refractivity contribution in [3.05, 3.63) is 29.3 Å². The second-order valence-corrected chi connectivity index (χ2v) is 3.64. The Morgan fingerprint density at radius 2 is 2.29 bits per heavy atom. The lowest BCUT2D eigenvalue weighted by molar-refractivity contribution is -0.117. The molecule has 0 unspecified atom stereocenters. The molecule has 1 aromatic carbocycles. The van der Waals surface area contributed by atoms with Crippen molar-refractivity contribution in [3.8, 4) is 0 Å². The molecule has 2 N–H and O–H groups in total. The van der Waals surface area contributed by atoms with Crippen molar-refractivity contribution in [2.45, 2.75) is 13.3 Å². The van der Waals surface area contributed by atoms with Gasteiger partial charge in [-0.2, -0.15) is 0 Å². The lowest BCUT2D eigenvalue weighted by Crippen LogP contribution is -2.31. The van der Waals surface area contributed by atoms with Gasteiger partial charge >= 0.3 is 0 Å². The van der Waals surface area contributed by atoms with E-state index in [0.29, 0.717) is 19.5 Å². The number of anilines is 1. The predicted molar refractivity (Wildman–Crippen MR) is 56.3 cm³/mol. The number of fused-ring (bicyclic) bond motifs is 1. The third-order valence-electron chi connectivity index (χ3n) is 2.52. The number of amides is 1. The molecule has 0 saturated heterocycles. The van der Waals surface area contributed by atoms with Crippen molar-refractivity contribution in [1.29, 1.82) is 0 Å². The van der Waals surface area contributed by atoms with E-state index >= 15 is 0 Å². The highest BCUT2D eigenvalue weighted by Crippen LogP contribution is 2.28. The highest BCUT2D eigenvalue weighted by atomic mass is 16.2. The second-order valence-electron chi connectivity index (χ2n) is 3.64. The van der Waals surface area contributed by atoms with Crippen LogP contribution < -0.4 is 10.6 Å². The van der Waals surface area contributed by atoms with Gasteiger partial charge < -0.3 is 10.6 Å². The summed E-state index contributed by atoms with van der Waals surface area (Å²) in [6.45, 7) is 3.17. The standard InChI is InChI=1S/C11H14N2O/c1-8-2-3-10-9(6-8)7-11(14)13(10)5-4-12/h2-3,6H,4-5,7,12H2,1H3. The zero-order chi connectivity index (χ0) is 10.1. The van der Waals surface area contributed by atoms with E-state index in [1.807, 2.05) is 19.1 Å². The minimum Gasteiger partial charge on any atom is -0.329 e. The largest absolute Gasteiger partial charge is 0.329 e. The number of nitrogens with zero attached hydrogens (tertiary/aromatic N) is 1. The Kier molecular flexibility index (Phi) is 2.25. The molecule has 1 aliphatic rings. The second kappa shape index (κ2) is 3.42. The van der Waals surface area contributed by atoms with Crippen LogP contribution in [0.5, 0.6) is 0 Å². The minimum atomic E-state index is 0.163. The Morgan fingerprint density at radius 3 is 3.00 bits per heavy atom. The molecule has 0 aliphatic carbocycles. The van der Waals surface area contributed by atoms with Crippen LogP contribution in [0.4, 0.5) is 5.69 Å². The van der Waals surface area contributed by atoms with Gasteiger partial charge in [0.2, 0.25) is 5.91 Å². The summed E-state index contributed by atoms with van der Waals surface area (Å²) in [5.74, 6) is 0.163. The first-order valence-corrected chi connectivity index (χ1v) is 4.82. The molecule has 1 aliphatic heterocycles. The van der Waals surface area contributed by atoms with Crippen LogP contribution in [0.2, 0.25) is 0 Å². The first-order valence-electron chi connectivity index (χ1n) is 4.82. The van der Waals surface area contributed by atoms with Gasteiger partial charge in [0.25, 0.3) is 0 Å². The summed E-state index contributed by atoms with van der Waals surface area (Å²) in [5.41, 5.74) is 8.83. The van der Waals surface area contributed by atoms with Gasteiger partial charge in [0.15, 0.2) is 0 Å². The van der Waals surface area contributed by atoms with Crippen LogP contribution in [0.25, 0.3) is 0 Å². The fraction of sp³-hybridized carbons (Fsp3) is 0.364. The minimum absolute atomic E-state index is 0.163. The van der Waals surface area contributed by atoms with Crippen molar-refractivity contribution in [3.63, 3.8) is 0 Å². The van der Waals surface area contributed by atoms with Crippen LogP contribution in [0.3, 0.4) is 0 Å². The quantitative estimate of drug-likeness (QED) is 0.751. The van der Waals surface area contributed by atoms with E-state index < -0.39 is 0 Å². The summed E-state index contributed by atoms with van der Waals surface area (Å²) in [5, 5.41) is 0. The van der Waals surface area contributed by atoms with Gasteiger partial charge in [0.05, 0.1) is 6.42 Å². The average Bonchev–Trinajstić information content (AvgIpc) is 2.43. The van der Waals surface area contributed by atoms with Crippen molar-refractivity contribution < 1.29 is 4.79 Å². The lowest BCUT2D eigenvalue weighted by atomic mass is 10.1. The first kappa shape index (κ1) is 9.21. The zero-order valence-electron chi connectivity index (χ0n) is 8.29. The molecule has 14 heavy (non-hydrogen) atoms. The molecule has 0 radical (unpaired) electrons. The molecular formula is C11H14N2O. The van der Waals surface area contributed by atoms with Crippen molar-refractivity contribution in [2.24, 2.45) is 5.73 Å². The van der Waals surface area contributed by atoms with Gasteiger partial charge in [-0.15, -0.1) is 0 Å². The number of nitrogens with two attached hydrogens (primary N) is 1. The summed E-state index contributed by atoms with van der Waals surface area (Å²) in [7, 11) is 0. The molecule has 3 nitrogen and oxygen atoms in total. The van der Waals surface area contributed by atoms with E-state index in [4.69, 9.17) is 5.73 Å². The Morgan fingerprint density at radius 1 is 1.50 bits per heavy atom. The molecule has 0 atom stereocenters. The van der Waals surface area contributed by atoms with Crippen LogP contribution >= 0.6 is 0 Å². The summed E-state index contributed by atoms with van der Waals surface area (Å²) in [6, 6.07) is 6.11. The fourth-order valence-corrected chi connectivity index (χ4v) is 1.89. The Hall–Kier alpha value is -1.35. The zero-order valence-corrected chi connectivity index (χ0v) is 8.29. The Labute approximate surface area is 83.5 Å². The molecule has 74 valence electrons. The van der Waals surface area contributed by atoms with Gasteiger partial charge in [0.1, 0.15) is 0 Å². The molecular weight excluding hydrogens is 176 g/mol. The predicted octanol–water partition coefficient (Wildman–Crippen LogP) is 0.843. The molecule has 0 saturated carbocycles. The summed E-state index contributed by atoms with van der Waals surface area (Å²) in [6.07, 6.45) is 0.525. The first-order chi connectivity index (χ1) is 6.72. The Balaban J connectivity index is 2.37. The van der Waals surface area contributed by atoms with E-state index in [9.17, 15) is 4.79 Å². The normalized spacial score (nSPS) is 14.7. The lowest BCUT2D eigenvalue weighted by Gasteiger charge is -2.15. The highest BCUT2D eigenvalue weighted by molar-refractivity contribution is 6.01. The molecule has 0 fully saturated rings. The molecule has 3 heteroatoms. The summed E-state index contributed by atoms with van der Waals surface area (Å²) >= 11 is 0. The van der Waals surface area contributed by atoms with Gasteiger partial charge in [-0.3, -0.25) is 4.79 Å². The maximum atomic E-state index is 11.6. The van der Waals surface area contributed by atoms with Crippen LogP contribution in [0.1, 0.15) is 11.1 Å². The number of hydrogen-bond acceptors (Lipinski definition) is 2. The summed E-state index contributed by atoms with van der Waals surface area (Å²) < 4.78 is 0. The molecule has 1 amide bonds. The third kappa shape index (κ3) is 1.40. The van der Waals surface area contributed by atoms with Gasteiger partial charge in [-0.25, -0.2) is 0 Å². The van der Waals surface area contributed by atoms with Crippen molar-refractivity contribution in [1.82, 2.24) is 0 Å². The molecule has 0 spiro atoms. The third-order valence-corrected chi connectivity index (χ3v) is 2.52. The number of hydrogen-bond donors (Lipinski definition) is 1. The van der Waals surface area contributed by atoms with Gasteiger partial charge in [0, 0.05) is 18.8 Å². The smallest absolute Gasteiger partial charge is 0.231 e. The number of rotatable bonds is 2.